The maximum Gasteiger partial charge on any atom is 0.261 e. The average molecular weight is 224 g/mol. The summed E-state index contributed by atoms with van der Waals surface area (Å²) >= 11 is 0. The van der Waals surface area contributed by atoms with Crippen LogP contribution in [-0.2, 0) is 9.53 Å². The van der Waals surface area contributed by atoms with Crippen LogP contribution < -0.4 is 10.6 Å². The highest BCUT2D eigenvalue weighted by molar-refractivity contribution is 5.75. The number of ether oxygens (including phenoxy) is 1. The lowest BCUT2D eigenvalue weighted by atomic mass is 10.3. The van der Waals surface area contributed by atoms with Gasteiger partial charge in [-0.05, 0) is 13.0 Å². The molecule has 0 spiro atoms. The normalized spacial score (nSPS) is 10.7. The van der Waals surface area contributed by atoms with Crippen molar-refractivity contribution in [1.82, 2.24) is 10.6 Å². The zero-order chi connectivity index (χ0) is 11.5. The maximum atomic E-state index is 11.6. The fourth-order valence-electron chi connectivity index (χ4n) is 0.941. The Kier molecular flexibility index (Phi) is 9.30. The molecule has 0 heterocycles. The second-order valence-corrected chi connectivity index (χ2v) is 2.99. The van der Waals surface area contributed by atoms with E-state index in [-0.39, 0.29) is 12.5 Å². The maximum absolute atomic E-state index is 11.6. The van der Waals surface area contributed by atoms with E-state index in [9.17, 15) is 13.6 Å². The van der Waals surface area contributed by atoms with Crippen LogP contribution in [0.1, 0.15) is 12.8 Å². The highest BCUT2D eigenvalue weighted by atomic mass is 19.3. The van der Waals surface area contributed by atoms with Gasteiger partial charge < -0.3 is 15.4 Å². The van der Waals surface area contributed by atoms with Crippen molar-refractivity contribution in [3.8, 4) is 0 Å². The molecule has 0 radical (unpaired) electrons. The molecule has 0 unspecified atom stereocenters. The van der Waals surface area contributed by atoms with Gasteiger partial charge in [-0.3, -0.25) is 4.79 Å². The third-order valence-electron chi connectivity index (χ3n) is 1.70. The quantitative estimate of drug-likeness (QED) is 0.557. The van der Waals surface area contributed by atoms with E-state index in [0.717, 1.165) is 6.42 Å². The largest absolute Gasteiger partial charge is 0.374 e. The number of rotatable bonds is 9. The predicted molar refractivity (Wildman–Crippen MR) is 53.0 cm³/mol. The molecule has 0 aromatic carbocycles. The monoisotopic (exact) mass is 224 g/mol. The van der Waals surface area contributed by atoms with E-state index in [2.05, 4.69) is 15.4 Å². The molecule has 6 heteroatoms. The van der Waals surface area contributed by atoms with Gasteiger partial charge in [-0.1, -0.05) is 0 Å². The van der Waals surface area contributed by atoms with E-state index < -0.39 is 13.0 Å². The molecule has 1 amide bonds. The van der Waals surface area contributed by atoms with E-state index >= 15 is 0 Å². The molecule has 4 nitrogen and oxygen atoms in total. The van der Waals surface area contributed by atoms with Gasteiger partial charge in [0.2, 0.25) is 5.91 Å². The summed E-state index contributed by atoms with van der Waals surface area (Å²) in [5.74, 6) is 0.00532. The van der Waals surface area contributed by atoms with Gasteiger partial charge in [0.25, 0.3) is 6.43 Å². The fourth-order valence-corrected chi connectivity index (χ4v) is 0.941. The Morgan fingerprint density at radius 2 is 2.13 bits per heavy atom. The molecule has 0 saturated heterocycles. The lowest BCUT2D eigenvalue weighted by Crippen LogP contribution is -2.24. The standard InChI is InChI=1S/C9H18F2N2O2/c1-12-9(14)3-2-4-13-5-6-15-7-8(10)11/h8,13H,2-7H2,1H3,(H,12,14). The minimum atomic E-state index is -2.40. The lowest BCUT2D eigenvalue weighted by molar-refractivity contribution is -0.120. The summed E-state index contributed by atoms with van der Waals surface area (Å²) in [6, 6.07) is 0. The van der Waals surface area contributed by atoms with Crippen LogP contribution in [0.4, 0.5) is 8.78 Å². The highest BCUT2D eigenvalue weighted by Crippen LogP contribution is 1.91. The van der Waals surface area contributed by atoms with E-state index in [1.165, 1.54) is 0 Å². The van der Waals surface area contributed by atoms with E-state index in [1.807, 2.05) is 0 Å². The van der Waals surface area contributed by atoms with Crippen molar-refractivity contribution >= 4 is 5.91 Å². The van der Waals surface area contributed by atoms with Crippen molar-refractivity contribution < 1.29 is 18.3 Å². The number of carbonyl (C=O) groups is 1. The molecular formula is C9H18F2N2O2. The molecular weight excluding hydrogens is 206 g/mol. The van der Waals surface area contributed by atoms with Gasteiger partial charge in [-0.2, -0.15) is 0 Å². The first-order chi connectivity index (χ1) is 7.16. The van der Waals surface area contributed by atoms with Gasteiger partial charge in [0.1, 0.15) is 6.61 Å². The molecule has 90 valence electrons. The van der Waals surface area contributed by atoms with Gasteiger partial charge in [0, 0.05) is 20.0 Å². The second-order valence-electron chi connectivity index (χ2n) is 2.99. The fraction of sp³-hybridized carbons (Fsp3) is 0.889. The van der Waals surface area contributed by atoms with Gasteiger partial charge in [0.15, 0.2) is 0 Å². The third kappa shape index (κ3) is 11.2. The van der Waals surface area contributed by atoms with Crippen molar-refractivity contribution in [1.29, 1.82) is 0 Å². The Morgan fingerprint density at radius 1 is 1.40 bits per heavy atom. The summed E-state index contributed by atoms with van der Waals surface area (Å²) in [4.78, 5) is 10.8. The van der Waals surface area contributed by atoms with Crippen LogP contribution in [0.25, 0.3) is 0 Å². The number of alkyl halides is 2. The Morgan fingerprint density at radius 3 is 2.73 bits per heavy atom. The van der Waals surface area contributed by atoms with Crippen molar-refractivity contribution in [2.75, 3.05) is 33.4 Å². The van der Waals surface area contributed by atoms with Crippen LogP contribution in [0, 0.1) is 0 Å². The Bertz CT molecular complexity index is 168. The first kappa shape index (κ1) is 14.2. The van der Waals surface area contributed by atoms with Crippen molar-refractivity contribution in [3.63, 3.8) is 0 Å². The summed E-state index contributed by atoms with van der Waals surface area (Å²) < 4.78 is 27.9. The van der Waals surface area contributed by atoms with Gasteiger partial charge in [-0.25, -0.2) is 8.78 Å². The van der Waals surface area contributed by atoms with Crippen LogP contribution >= 0.6 is 0 Å². The van der Waals surface area contributed by atoms with E-state index in [0.29, 0.717) is 19.5 Å². The molecule has 2 N–H and O–H groups in total. The Balaban J connectivity index is 3.02. The SMILES string of the molecule is CNC(=O)CCCNCCOCC(F)F. The van der Waals surface area contributed by atoms with Crippen LogP contribution in [0.15, 0.2) is 0 Å². The molecule has 0 aliphatic heterocycles. The molecule has 15 heavy (non-hydrogen) atoms. The number of halogens is 2. The minimum Gasteiger partial charge on any atom is -0.374 e. The molecule has 0 aliphatic rings. The summed E-state index contributed by atoms with van der Waals surface area (Å²) in [6.45, 7) is 0.968. The number of carbonyl (C=O) groups excluding carboxylic acids is 1. The molecule has 0 saturated carbocycles. The number of nitrogens with one attached hydrogen (secondary N) is 2. The smallest absolute Gasteiger partial charge is 0.261 e. The molecule has 0 atom stereocenters. The first-order valence-electron chi connectivity index (χ1n) is 4.94. The summed E-state index contributed by atoms with van der Waals surface area (Å²) in [6.07, 6.45) is -1.20. The van der Waals surface area contributed by atoms with E-state index in [1.54, 1.807) is 7.05 Å². The zero-order valence-electron chi connectivity index (χ0n) is 8.89. The van der Waals surface area contributed by atoms with Crippen molar-refractivity contribution in [2.45, 2.75) is 19.3 Å². The van der Waals surface area contributed by atoms with Gasteiger partial charge >= 0.3 is 0 Å². The Hall–Kier alpha value is -0.750. The van der Waals surface area contributed by atoms with Crippen LogP contribution in [0.2, 0.25) is 0 Å². The topological polar surface area (TPSA) is 50.4 Å². The number of hydrogen-bond donors (Lipinski definition) is 2. The zero-order valence-corrected chi connectivity index (χ0v) is 8.89. The summed E-state index contributed by atoms with van der Waals surface area (Å²) in [5.41, 5.74) is 0. The molecule has 0 rings (SSSR count). The number of amides is 1. The van der Waals surface area contributed by atoms with Crippen LogP contribution in [0.3, 0.4) is 0 Å². The molecule has 0 bridgehead atoms. The molecule has 0 aromatic rings. The van der Waals surface area contributed by atoms with Crippen molar-refractivity contribution in [2.24, 2.45) is 0 Å². The predicted octanol–water partition coefficient (Wildman–Crippen LogP) is 0.384. The Labute approximate surface area is 88.4 Å². The van der Waals surface area contributed by atoms with E-state index in [4.69, 9.17) is 0 Å². The second kappa shape index (κ2) is 9.79. The minimum absolute atomic E-state index is 0.00532. The molecule has 0 aliphatic carbocycles. The first-order valence-corrected chi connectivity index (χ1v) is 4.94. The van der Waals surface area contributed by atoms with Gasteiger partial charge in [0.05, 0.1) is 6.61 Å². The highest BCUT2D eigenvalue weighted by Gasteiger charge is 2.00. The number of hydrogen-bond acceptors (Lipinski definition) is 3. The molecule has 0 aromatic heterocycles. The van der Waals surface area contributed by atoms with Crippen LogP contribution in [0.5, 0.6) is 0 Å². The summed E-state index contributed by atoms with van der Waals surface area (Å²) in [7, 11) is 1.59. The average Bonchev–Trinajstić information content (AvgIpc) is 2.21. The van der Waals surface area contributed by atoms with Crippen molar-refractivity contribution in [3.05, 3.63) is 0 Å². The van der Waals surface area contributed by atoms with Gasteiger partial charge in [-0.15, -0.1) is 0 Å². The third-order valence-corrected chi connectivity index (χ3v) is 1.70. The summed E-state index contributed by atoms with van der Waals surface area (Å²) in [5, 5.41) is 5.50. The molecule has 0 fully saturated rings. The van der Waals surface area contributed by atoms with Crippen LogP contribution in [-0.4, -0.2) is 45.7 Å². The lowest BCUT2D eigenvalue weighted by Gasteiger charge is -2.05.